The number of amides is 2. The first-order valence-electron chi connectivity index (χ1n) is 9.14. The summed E-state index contributed by atoms with van der Waals surface area (Å²) in [5, 5.41) is 2.90. The maximum Gasteiger partial charge on any atom is 0.253 e. The predicted molar refractivity (Wildman–Crippen MR) is 92.1 cm³/mol. The van der Waals surface area contributed by atoms with Crippen LogP contribution in [0.1, 0.15) is 36.0 Å². The van der Waals surface area contributed by atoms with Gasteiger partial charge in [-0.15, -0.1) is 0 Å². The zero-order valence-electron chi connectivity index (χ0n) is 14.3. The molecule has 3 fully saturated rings. The van der Waals surface area contributed by atoms with Crippen molar-refractivity contribution in [3.05, 3.63) is 29.8 Å². The van der Waals surface area contributed by atoms with Gasteiger partial charge < -0.3 is 19.7 Å². The van der Waals surface area contributed by atoms with Crippen molar-refractivity contribution in [3.8, 4) is 0 Å². The van der Waals surface area contributed by atoms with E-state index in [1.54, 1.807) is 6.07 Å². The molecule has 0 spiro atoms. The van der Waals surface area contributed by atoms with Crippen molar-refractivity contribution in [2.45, 2.75) is 32.0 Å². The average molecular weight is 344 g/mol. The van der Waals surface area contributed by atoms with Gasteiger partial charge in [-0.1, -0.05) is 6.07 Å². The van der Waals surface area contributed by atoms with Crippen molar-refractivity contribution in [1.29, 1.82) is 0 Å². The summed E-state index contributed by atoms with van der Waals surface area (Å²) >= 11 is 0. The molecule has 25 heavy (non-hydrogen) atoms. The van der Waals surface area contributed by atoms with E-state index in [2.05, 4.69) is 5.32 Å². The molecule has 2 aliphatic heterocycles. The first kappa shape index (κ1) is 16.5. The minimum absolute atomic E-state index is 0.0224. The Morgan fingerprint density at radius 3 is 2.44 bits per heavy atom. The van der Waals surface area contributed by atoms with Gasteiger partial charge in [0.1, 0.15) is 0 Å². The molecule has 0 bridgehead atoms. The molecule has 4 rings (SSSR count). The van der Waals surface area contributed by atoms with E-state index in [0.717, 1.165) is 25.7 Å². The molecule has 0 radical (unpaired) electrons. The maximum atomic E-state index is 12.8. The molecule has 1 N–H and O–H groups in total. The molecule has 6 heteroatoms. The highest BCUT2D eigenvalue weighted by Crippen LogP contribution is 2.30. The van der Waals surface area contributed by atoms with Crippen molar-refractivity contribution >= 4 is 17.5 Å². The third-order valence-electron chi connectivity index (χ3n) is 5.18. The normalized spacial score (nSPS) is 22.2. The highest BCUT2D eigenvalue weighted by Gasteiger charge is 2.32. The Morgan fingerprint density at radius 1 is 1.04 bits per heavy atom. The molecule has 2 amide bonds. The van der Waals surface area contributed by atoms with Crippen molar-refractivity contribution in [1.82, 2.24) is 4.90 Å². The van der Waals surface area contributed by atoms with Crippen molar-refractivity contribution in [3.63, 3.8) is 0 Å². The molecule has 6 nitrogen and oxygen atoms in total. The van der Waals surface area contributed by atoms with Crippen LogP contribution in [0.4, 0.5) is 5.69 Å². The first-order chi connectivity index (χ1) is 12.2. The van der Waals surface area contributed by atoms with Gasteiger partial charge >= 0.3 is 0 Å². The summed E-state index contributed by atoms with van der Waals surface area (Å²) in [4.78, 5) is 26.5. The SMILES string of the molecule is O=C(Nc1cccc(C(=O)N2CCC(C3OCCO3)CC2)c1)C1CC1. The van der Waals surface area contributed by atoms with Crippen molar-refractivity contribution in [2.75, 3.05) is 31.6 Å². The maximum absolute atomic E-state index is 12.8. The number of hydrogen-bond donors (Lipinski definition) is 1. The van der Waals surface area contributed by atoms with Crippen LogP contribution in [0.15, 0.2) is 24.3 Å². The predicted octanol–water partition coefficient (Wildman–Crippen LogP) is 2.26. The molecule has 0 unspecified atom stereocenters. The molecule has 2 heterocycles. The zero-order valence-corrected chi connectivity index (χ0v) is 14.3. The molecular weight excluding hydrogens is 320 g/mol. The standard InChI is InChI=1S/C19H24N2O4/c22-17(13-4-5-13)20-16-3-1-2-15(12-16)18(23)21-8-6-14(7-9-21)19-24-10-11-25-19/h1-3,12-14,19H,4-11H2,(H,20,22). The molecular formula is C19H24N2O4. The van der Waals surface area contributed by atoms with E-state index < -0.39 is 0 Å². The lowest BCUT2D eigenvalue weighted by Gasteiger charge is -2.34. The summed E-state index contributed by atoms with van der Waals surface area (Å²) in [5.41, 5.74) is 1.32. The summed E-state index contributed by atoms with van der Waals surface area (Å²) in [5.74, 6) is 0.602. The summed E-state index contributed by atoms with van der Waals surface area (Å²) in [6.07, 6.45) is 3.63. The van der Waals surface area contributed by atoms with Crippen LogP contribution < -0.4 is 5.32 Å². The van der Waals surface area contributed by atoms with Crippen molar-refractivity contribution < 1.29 is 19.1 Å². The second kappa shape index (κ2) is 7.14. The number of rotatable bonds is 4. The largest absolute Gasteiger partial charge is 0.350 e. The summed E-state index contributed by atoms with van der Waals surface area (Å²) in [7, 11) is 0. The van der Waals surface area contributed by atoms with Gasteiger partial charge in [0.25, 0.3) is 5.91 Å². The van der Waals surface area contributed by atoms with Gasteiger partial charge in [-0.25, -0.2) is 0 Å². The van der Waals surface area contributed by atoms with Crippen LogP contribution in [0, 0.1) is 11.8 Å². The average Bonchev–Trinajstić information content (AvgIpc) is 3.36. The lowest BCUT2D eigenvalue weighted by atomic mass is 9.95. The number of ether oxygens (including phenoxy) is 2. The second-order valence-corrected chi connectivity index (χ2v) is 7.08. The number of hydrogen-bond acceptors (Lipinski definition) is 4. The minimum atomic E-state index is -0.0989. The van der Waals surface area contributed by atoms with Gasteiger partial charge in [-0.2, -0.15) is 0 Å². The molecule has 134 valence electrons. The van der Waals surface area contributed by atoms with E-state index in [9.17, 15) is 9.59 Å². The fourth-order valence-electron chi connectivity index (χ4n) is 3.53. The van der Waals surface area contributed by atoms with Crippen LogP contribution >= 0.6 is 0 Å². The van der Waals surface area contributed by atoms with E-state index in [-0.39, 0.29) is 24.0 Å². The Kier molecular flexibility index (Phi) is 4.72. The quantitative estimate of drug-likeness (QED) is 0.910. The molecule has 2 saturated heterocycles. The first-order valence-corrected chi connectivity index (χ1v) is 9.14. The van der Waals surface area contributed by atoms with Gasteiger partial charge in [-0.05, 0) is 43.9 Å². The Balaban J connectivity index is 1.35. The van der Waals surface area contributed by atoms with Crippen LogP contribution in [0.2, 0.25) is 0 Å². The molecule has 3 aliphatic rings. The minimum Gasteiger partial charge on any atom is -0.350 e. The van der Waals surface area contributed by atoms with Gasteiger partial charge in [0.2, 0.25) is 5.91 Å². The zero-order chi connectivity index (χ0) is 17.2. The summed E-state index contributed by atoms with van der Waals surface area (Å²) < 4.78 is 11.2. The Labute approximate surface area is 147 Å². The van der Waals surface area contributed by atoms with E-state index in [0.29, 0.717) is 43.5 Å². The number of nitrogens with zero attached hydrogens (tertiary/aromatic N) is 1. The molecule has 1 aliphatic carbocycles. The number of nitrogens with one attached hydrogen (secondary N) is 1. The number of carbonyl (C=O) groups excluding carboxylic acids is 2. The number of piperidine rings is 1. The fraction of sp³-hybridized carbons (Fsp3) is 0.579. The highest BCUT2D eigenvalue weighted by molar-refractivity contribution is 5.98. The van der Waals surface area contributed by atoms with Crippen LogP contribution in [-0.2, 0) is 14.3 Å². The molecule has 0 aromatic heterocycles. The van der Waals surface area contributed by atoms with Crippen LogP contribution in [-0.4, -0.2) is 49.3 Å². The number of carbonyl (C=O) groups is 2. The van der Waals surface area contributed by atoms with Crippen LogP contribution in [0.25, 0.3) is 0 Å². The third-order valence-corrected chi connectivity index (χ3v) is 5.18. The van der Waals surface area contributed by atoms with E-state index >= 15 is 0 Å². The highest BCUT2D eigenvalue weighted by atomic mass is 16.7. The molecule has 1 aromatic rings. The van der Waals surface area contributed by atoms with E-state index in [4.69, 9.17) is 9.47 Å². The molecule has 0 atom stereocenters. The lowest BCUT2D eigenvalue weighted by Crippen LogP contribution is -2.41. The smallest absolute Gasteiger partial charge is 0.253 e. The third kappa shape index (κ3) is 3.85. The van der Waals surface area contributed by atoms with Crippen LogP contribution in [0.3, 0.4) is 0 Å². The Bertz CT molecular complexity index is 645. The van der Waals surface area contributed by atoms with Gasteiger partial charge in [0.15, 0.2) is 6.29 Å². The second-order valence-electron chi connectivity index (χ2n) is 7.08. The lowest BCUT2D eigenvalue weighted by molar-refractivity contribution is -0.117. The molecule has 1 aromatic carbocycles. The van der Waals surface area contributed by atoms with Gasteiger partial charge in [0, 0.05) is 36.2 Å². The van der Waals surface area contributed by atoms with Crippen molar-refractivity contribution in [2.24, 2.45) is 11.8 Å². The number of benzene rings is 1. The fourth-order valence-corrected chi connectivity index (χ4v) is 3.53. The molecule has 1 saturated carbocycles. The summed E-state index contributed by atoms with van der Waals surface area (Å²) in [6.45, 7) is 2.77. The Morgan fingerprint density at radius 2 is 1.76 bits per heavy atom. The number of likely N-dealkylation sites (tertiary alicyclic amines) is 1. The summed E-state index contributed by atoms with van der Waals surface area (Å²) in [6, 6.07) is 7.24. The topological polar surface area (TPSA) is 67.9 Å². The monoisotopic (exact) mass is 344 g/mol. The van der Waals surface area contributed by atoms with E-state index in [1.807, 2.05) is 23.1 Å². The Hall–Kier alpha value is -1.92. The van der Waals surface area contributed by atoms with Crippen LogP contribution in [0.5, 0.6) is 0 Å². The van der Waals surface area contributed by atoms with E-state index in [1.165, 1.54) is 0 Å². The van der Waals surface area contributed by atoms with Gasteiger partial charge in [-0.3, -0.25) is 9.59 Å². The van der Waals surface area contributed by atoms with Gasteiger partial charge in [0.05, 0.1) is 13.2 Å². The number of anilines is 1.